The van der Waals surface area contributed by atoms with Crippen LogP contribution in [0, 0.1) is 0 Å². The highest BCUT2D eigenvalue weighted by molar-refractivity contribution is 7.89. The highest BCUT2D eigenvalue weighted by atomic mass is 32.2. The van der Waals surface area contributed by atoms with Crippen molar-refractivity contribution in [2.45, 2.75) is 69.5 Å². The molecule has 1 amide bonds. The number of hydrogen-bond donors (Lipinski definition) is 2. The van der Waals surface area contributed by atoms with Gasteiger partial charge in [0.25, 0.3) is 5.91 Å². The second kappa shape index (κ2) is 7.98. The molecule has 1 saturated carbocycles. The van der Waals surface area contributed by atoms with Gasteiger partial charge in [0, 0.05) is 12.1 Å². The number of nitrogens with one attached hydrogen (secondary N) is 2. The maximum Gasteiger partial charge on any atom is 0.260 e. The van der Waals surface area contributed by atoms with Gasteiger partial charge in [-0.3, -0.25) is 4.79 Å². The Bertz CT molecular complexity index is 650. The largest absolute Gasteiger partial charge is 0.481 e. The highest BCUT2D eigenvalue weighted by Crippen LogP contribution is 2.22. The van der Waals surface area contributed by atoms with Crippen molar-refractivity contribution < 1.29 is 17.9 Å². The van der Waals surface area contributed by atoms with Crippen molar-refractivity contribution in [3.63, 3.8) is 0 Å². The van der Waals surface area contributed by atoms with Crippen molar-refractivity contribution in [2.24, 2.45) is 0 Å². The number of carbonyl (C=O) groups is 1. The first-order valence-corrected chi connectivity index (χ1v) is 9.85. The lowest BCUT2D eigenvalue weighted by atomic mass is 10.3. The average Bonchev–Trinajstić information content (AvgIpc) is 2.99. The van der Waals surface area contributed by atoms with Gasteiger partial charge in [-0.25, -0.2) is 13.1 Å². The summed E-state index contributed by atoms with van der Waals surface area (Å²) >= 11 is 0. The summed E-state index contributed by atoms with van der Waals surface area (Å²) in [5.41, 5.74) is 0. The Morgan fingerprint density at radius 2 is 1.71 bits per heavy atom. The predicted octanol–water partition coefficient (Wildman–Crippen LogP) is 2.20. The molecule has 0 aromatic heterocycles. The lowest BCUT2D eigenvalue weighted by Gasteiger charge is -2.17. The Kier molecular flexibility index (Phi) is 6.23. The molecule has 6 nitrogen and oxygen atoms in total. The molecule has 0 spiro atoms. The first-order valence-electron chi connectivity index (χ1n) is 8.37. The third-order valence-electron chi connectivity index (χ3n) is 3.92. The van der Waals surface area contributed by atoms with Crippen molar-refractivity contribution >= 4 is 15.9 Å². The van der Waals surface area contributed by atoms with Gasteiger partial charge in [0.2, 0.25) is 10.0 Å². The minimum atomic E-state index is -3.51. The Balaban J connectivity index is 1.98. The summed E-state index contributed by atoms with van der Waals surface area (Å²) in [6.07, 6.45) is 3.27. The van der Waals surface area contributed by atoms with Crippen molar-refractivity contribution in [2.75, 3.05) is 0 Å². The number of ether oxygens (including phenoxy) is 1. The van der Waals surface area contributed by atoms with Crippen LogP contribution in [0.1, 0.15) is 46.5 Å². The number of sulfonamides is 1. The van der Waals surface area contributed by atoms with Crippen LogP contribution in [0.5, 0.6) is 5.75 Å². The van der Waals surface area contributed by atoms with E-state index in [0.29, 0.717) is 5.75 Å². The molecule has 134 valence electrons. The third kappa shape index (κ3) is 5.21. The van der Waals surface area contributed by atoms with Crippen molar-refractivity contribution in [1.82, 2.24) is 10.0 Å². The van der Waals surface area contributed by atoms with E-state index in [2.05, 4.69) is 10.0 Å². The SMILES string of the molecule is CC(C)NC(=O)[C@@H](C)Oc1ccc(S(=O)(=O)NC2CCCC2)cc1. The van der Waals surface area contributed by atoms with Gasteiger partial charge >= 0.3 is 0 Å². The fraction of sp³-hybridized carbons (Fsp3) is 0.588. The van der Waals surface area contributed by atoms with Gasteiger partial charge in [0.05, 0.1) is 4.90 Å². The molecule has 1 fully saturated rings. The zero-order chi connectivity index (χ0) is 17.7. The van der Waals surface area contributed by atoms with Crippen LogP contribution >= 0.6 is 0 Å². The highest BCUT2D eigenvalue weighted by Gasteiger charge is 2.23. The van der Waals surface area contributed by atoms with Crippen molar-refractivity contribution in [3.05, 3.63) is 24.3 Å². The van der Waals surface area contributed by atoms with Gasteiger partial charge in [0.15, 0.2) is 6.10 Å². The number of amides is 1. The summed E-state index contributed by atoms with van der Waals surface area (Å²) in [5, 5.41) is 2.77. The summed E-state index contributed by atoms with van der Waals surface area (Å²) in [6.45, 7) is 5.41. The van der Waals surface area contributed by atoms with E-state index in [1.165, 1.54) is 12.1 Å². The topological polar surface area (TPSA) is 84.5 Å². The molecule has 0 aliphatic heterocycles. The molecular formula is C17H26N2O4S. The monoisotopic (exact) mass is 354 g/mol. The van der Waals surface area contributed by atoms with Crippen LogP contribution in [-0.4, -0.2) is 32.5 Å². The van der Waals surface area contributed by atoms with Crippen LogP contribution in [-0.2, 0) is 14.8 Å². The number of rotatable bonds is 7. The normalized spacial score (nSPS) is 17.0. The van der Waals surface area contributed by atoms with Crippen LogP contribution in [0.4, 0.5) is 0 Å². The van der Waals surface area contributed by atoms with Crippen LogP contribution in [0.2, 0.25) is 0 Å². The summed E-state index contributed by atoms with van der Waals surface area (Å²) in [4.78, 5) is 12.0. The van der Waals surface area contributed by atoms with Crippen molar-refractivity contribution in [1.29, 1.82) is 0 Å². The molecule has 0 radical (unpaired) electrons. The number of benzene rings is 1. The summed E-state index contributed by atoms with van der Waals surface area (Å²) in [6, 6.07) is 6.22. The van der Waals surface area contributed by atoms with E-state index in [-0.39, 0.29) is 22.9 Å². The Morgan fingerprint density at radius 3 is 2.25 bits per heavy atom. The van der Waals surface area contributed by atoms with Crippen LogP contribution < -0.4 is 14.8 Å². The molecule has 2 rings (SSSR count). The predicted molar refractivity (Wildman–Crippen MR) is 92.4 cm³/mol. The van der Waals surface area contributed by atoms with E-state index in [1.807, 2.05) is 13.8 Å². The van der Waals surface area contributed by atoms with Crippen LogP contribution in [0.15, 0.2) is 29.2 Å². The van der Waals surface area contributed by atoms with Crippen molar-refractivity contribution in [3.8, 4) is 5.75 Å². The van der Waals surface area contributed by atoms with Gasteiger partial charge in [-0.15, -0.1) is 0 Å². The molecule has 1 aliphatic carbocycles. The van der Waals surface area contributed by atoms with E-state index >= 15 is 0 Å². The first kappa shape index (κ1) is 18.7. The third-order valence-corrected chi connectivity index (χ3v) is 5.46. The minimum Gasteiger partial charge on any atom is -0.481 e. The van der Waals surface area contributed by atoms with E-state index < -0.39 is 16.1 Å². The molecule has 1 aliphatic rings. The van der Waals surface area contributed by atoms with Gasteiger partial charge in [-0.05, 0) is 57.9 Å². The molecule has 1 aromatic carbocycles. The molecular weight excluding hydrogens is 328 g/mol. The Hall–Kier alpha value is -1.60. The fourth-order valence-electron chi connectivity index (χ4n) is 2.69. The maximum absolute atomic E-state index is 12.3. The lowest BCUT2D eigenvalue weighted by molar-refractivity contribution is -0.127. The Labute approximate surface area is 144 Å². The van der Waals surface area contributed by atoms with E-state index in [1.54, 1.807) is 19.1 Å². The second-order valence-electron chi connectivity index (χ2n) is 6.50. The standard InChI is InChI=1S/C17H26N2O4S/c1-12(2)18-17(20)13(3)23-15-8-10-16(11-9-15)24(21,22)19-14-6-4-5-7-14/h8-14,19H,4-7H2,1-3H3,(H,18,20)/t13-/m1/s1. The molecule has 0 heterocycles. The summed E-state index contributed by atoms with van der Waals surface area (Å²) < 4.78 is 33.0. The van der Waals surface area contributed by atoms with Gasteiger partial charge in [-0.1, -0.05) is 12.8 Å². The molecule has 0 unspecified atom stereocenters. The summed E-state index contributed by atoms with van der Waals surface area (Å²) in [7, 11) is -3.51. The number of carbonyl (C=O) groups excluding carboxylic acids is 1. The molecule has 24 heavy (non-hydrogen) atoms. The van der Waals surface area contributed by atoms with Gasteiger partial charge < -0.3 is 10.1 Å². The molecule has 0 bridgehead atoms. The maximum atomic E-state index is 12.3. The average molecular weight is 354 g/mol. The fourth-order valence-corrected chi connectivity index (χ4v) is 3.99. The van der Waals surface area contributed by atoms with E-state index in [4.69, 9.17) is 4.74 Å². The Morgan fingerprint density at radius 1 is 1.12 bits per heavy atom. The zero-order valence-corrected chi connectivity index (χ0v) is 15.2. The molecule has 2 N–H and O–H groups in total. The molecule has 1 aromatic rings. The minimum absolute atomic E-state index is 0.0330. The van der Waals surface area contributed by atoms with Gasteiger partial charge in [0.1, 0.15) is 5.75 Å². The van der Waals surface area contributed by atoms with Crippen LogP contribution in [0.25, 0.3) is 0 Å². The first-order chi connectivity index (χ1) is 11.3. The van der Waals surface area contributed by atoms with Gasteiger partial charge in [-0.2, -0.15) is 0 Å². The van der Waals surface area contributed by atoms with Crippen LogP contribution in [0.3, 0.4) is 0 Å². The molecule has 1 atom stereocenters. The second-order valence-corrected chi connectivity index (χ2v) is 8.21. The van der Waals surface area contributed by atoms with E-state index in [0.717, 1.165) is 25.7 Å². The lowest BCUT2D eigenvalue weighted by Crippen LogP contribution is -2.40. The van der Waals surface area contributed by atoms with E-state index in [9.17, 15) is 13.2 Å². The zero-order valence-electron chi connectivity index (χ0n) is 14.4. The molecule has 7 heteroatoms. The quantitative estimate of drug-likeness (QED) is 0.786. The molecule has 0 saturated heterocycles. The smallest absolute Gasteiger partial charge is 0.260 e. The number of hydrogen-bond acceptors (Lipinski definition) is 4. The summed E-state index contributed by atoms with van der Waals surface area (Å²) in [5.74, 6) is 0.255.